The van der Waals surface area contributed by atoms with E-state index in [9.17, 15) is 0 Å². The molecule has 0 radical (unpaired) electrons. The fourth-order valence-electron chi connectivity index (χ4n) is 3.85. The summed E-state index contributed by atoms with van der Waals surface area (Å²) in [5.74, 6) is 3.21. The van der Waals surface area contributed by atoms with Gasteiger partial charge < -0.3 is 10.6 Å². The van der Waals surface area contributed by atoms with Crippen molar-refractivity contribution in [3.05, 3.63) is 34.5 Å². The van der Waals surface area contributed by atoms with Crippen LogP contribution in [0.4, 0.5) is 5.82 Å². The lowest BCUT2D eigenvalue weighted by Crippen LogP contribution is -2.35. The SMILES string of the molecule is Cc1n[nH]c(C)c1CCCN(C)c1cc(C2CC(N)C2)nc(C2CC2)n1.Cl.Cl. The van der Waals surface area contributed by atoms with Crippen molar-refractivity contribution in [1.29, 1.82) is 0 Å². The minimum atomic E-state index is 0. The van der Waals surface area contributed by atoms with E-state index in [-0.39, 0.29) is 24.8 Å². The highest BCUT2D eigenvalue weighted by Crippen LogP contribution is 2.41. The number of nitrogens with one attached hydrogen (secondary N) is 1. The molecule has 0 amide bonds. The Labute approximate surface area is 179 Å². The van der Waals surface area contributed by atoms with Crippen molar-refractivity contribution in [3.8, 4) is 0 Å². The molecule has 0 atom stereocenters. The first-order valence-electron chi connectivity index (χ1n) is 9.87. The van der Waals surface area contributed by atoms with Crippen LogP contribution in [0.15, 0.2) is 6.07 Å². The van der Waals surface area contributed by atoms with Crippen LogP contribution in [-0.4, -0.2) is 39.8 Å². The summed E-state index contributed by atoms with van der Waals surface area (Å²) in [6, 6.07) is 2.54. The van der Waals surface area contributed by atoms with Crippen molar-refractivity contribution in [2.24, 2.45) is 5.73 Å². The highest BCUT2D eigenvalue weighted by atomic mass is 35.5. The monoisotopic (exact) mass is 426 g/mol. The summed E-state index contributed by atoms with van der Waals surface area (Å²) in [7, 11) is 2.14. The molecule has 2 aromatic heterocycles. The van der Waals surface area contributed by atoms with E-state index in [0.29, 0.717) is 17.9 Å². The highest BCUT2D eigenvalue weighted by molar-refractivity contribution is 5.85. The van der Waals surface area contributed by atoms with Gasteiger partial charge in [0.15, 0.2) is 0 Å². The zero-order valence-electron chi connectivity index (χ0n) is 16.9. The predicted molar refractivity (Wildman–Crippen MR) is 118 cm³/mol. The Morgan fingerprint density at radius 1 is 1.14 bits per heavy atom. The summed E-state index contributed by atoms with van der Waals surface area (Å²) in [6.07, 6.45) is 6.71. The number of halogens is 2. The maximum absolute atomic E-state index is 5.99. The summed E-state index contributed by atoms with van der Waals surface area (Å²) in [4.78, 5) is 12.0. The Hall–Kier alpha value is -1.37. The third-order valence-corrected chi connectivity index (χ3v) is 5.88. The smallest absolute Gasteiger partial charge is 0.134 e. The molecule has 0 unspecified atom stereocenters. The van der Waals surface area contributed by atoms with E-state index in [0.717, 1.165) is 49.6 Å². The molecular formula is C20H32Cl2N6. The van der Waals surface area contributed by atoms with E-state index in [2.05, 4.69) is 42.1 Å². The highest BCUT2D eigenvalue weighted by Gasteiger charge is 2.32. The number of anilines is 1. The largest absolute Gasteiger partial charge is 0.360 e. The first-order valence-corrected chi connectivity index (χ1v) is 9.87. The number of aromatic amines is 1. The van der Waals surface area contributed by atoms with Crippen molar-refractivity contribution in [3.63, 3.8) is 0 Å². The van der Waals surface area contributed by atoms with Gasteiger partial charge in [0.05, 0.1) is 5.69 Å². The Bertz CT molecular complexity index is 763. The summed E-state index contributed by atoms with van der Waals surface area (Å²) in [5.41, 5.74) is 10.8. The average molecular weight is 427 g/mol. The summed E-state index contributed by atoms with van der Waals surface area (Å²) < 4.78 is 0. The van der Waals surface area contributed by atoms with E-state index in [1.807, 2.05) is 0 Å². The van der Waals surface area contributed by atoms with E-state index in [1.54, 1.807) is 0 Å². The van der Waals surface area contributed by atoms with Crippen LogP contribution >= 0.6 is 24.8 Å². The number of aromatic nitrogens is 4. The fraction of sp³-hybridized carbons (Fsp3) is 0.650. The maximum Gasteiger partial charge on any atom is 0.134 e. The Kier molecular flexibility index (Phi) is 7.71. The third kappa shape index (κ3) is 4.97. The topological polar surface area (TPSA) is 83.7 Å². The second kappa shape index (κ2) is 9.42. The number of aryl methyl sites for hydroxylation is 2. The lowest BCUT2D eigenvalue weighted by Gasteiger charge is -2.32. The Morgan fingerprint density at radius 2 is 1.86 bits per heavy atom. The minimum Gasteiger partial charge on any atom is -0.360 e. The molecule has 0 aliphatic heterocycles. The molecule has 2 fully saturated rings. The number of hydrogen-bond acceptors (Lipinski definition) is 5. The summed E-state index contributed by atoms with van der Waals surface area (Å²) >= 11 is 0. The van der Waals surface area contributed by atoms with Gasteiger partial charge in [0.1, 0.15) is 11.6 Å². The van der Waals surface area contributed by atoms with Crippen molar-refractivity contribution in [1.82, 2.24) is 20.2 Å². The van der Waals surface area contributed by atoms with Crippen LogP contribution in [0, 0.1) is 13.8 Å². The molecule has 6 nitrogen and oxygen atoms in total. The molecule has 0 spiro atoms. The molecule has 0 saturated heterocycles. The van der Waals surface area contributed by atoms with Crippen LogP contribution in [0.25, 0.3) is 0 Å². The number of hydrogen-bond donors (Lipinski definition) is 2. The molecule has 4 rings (SSSR count). The van der Waals surface area contributed by atoms with Gasteiger partial charge in [-0.05, 0) is 57.9 Å². The first-order chi connectivity index (χ1) is 12.5. The predicted octanol–water partition coefficient (Wildman–Crippen LogP) is 3.81. The van der Waals surface area contributed by atoms with Crippen LogP contribution in [-0.2, 0) is 6.42 Å². The quantitative estimate of drug-likeness (QED) is 0.702. The molecule has 156 valence electrons. The van der Waals surface area contributed by atoms with E-state index < -0.39 is 0 Å². The van der Waals surface area contributed by atoms with Gasteiger partial charge in [-0.2, -0.15) is 5.10 Å². The standard InChI is InChI=1S/C20H30N6.2ClH/c1-12-17(13(2)25-24-12)5-4-8-26(3)19-11-18(15-9-16(21)10-15)22-20(23-19)14-6-7-14;;/h11,14-16H,4-10,21H2,1-3H3,(H,24,25);2*1H. The summed E-state index contributed by atoms with van der Waals surface area (Å²) in [6.45, 7) is 5.15. The molecule has 0 aromatic carbocycles. The minimum absolute atomic E-state index is 0. The zero-order valence-corrected chi connectivity index (χ0v) is 18.6. The molecule has 3 N–H and O–H groups in total. The average Bonchev–Trinajstić information content (AvgIpc) is 3.40. The van der Waals surface area contributed by atoms with Gasteiger partial charge in [-0.1, -0.05) is 0 Å². The molecule has 2 aromatic rings. The van der Waals surface area contributed by atoms with Crippen LogP contribution in [0.2, 0.25) is 0 Å². The fourth-order valence-corrected chi connectivity index (χ4v) is 3.85. The molecule has 0 bridgehead atoms. The number of H-pyrrole nitrogens is 1. The van der Waals surface area contributed by atoms with Gasteiger partial charge >= 0.3 is 0 Å². The maximum atomic E-state index is 5.99. The number of nitrogens with two attached hydrogens (primary N) is 1. The van der Waals surface area contributed by atoms with Crippen molar-refractivity contribution >= 4 is 30.6 Å². The zero-order chi connectivity index (χ0) is 18.3. The van der Waals surface area contributed by atoms with E-state index in [1.165, 1.54) is 29.8 Å². The molecule has 2 aliphatic carbocycles. The van der Waals surface area contributed by atoms with Crippen molar-refractivity contribution < 1.29 is 0 Å². The molecule has 2 saturated carbocycles. The third-order valence-electron chi connectivity index (χ3n) is 5.88. The van der Waals surface area contributed by atoms with Crippen LogP contribution in [0.3, 0.4) is 0 Å². The second-order valence-corrected chi connectivity index (χ2v) is 8.15. The Balaban J connectivity index is 0.00000140. The van der Waals surface area contributed by atoms with Crippen LogP contribution < -0.4 is 10.6 Å². The van der Waals surface area contributed by atoms with E-state index >= 15 is 0 Å². The molecule has 28 heavy (non-hydrogen) atoms. The number of nitrogens with zero attached hydrogens (tertiary/aromatic N) is 4. The van der Waals surface area contributed by atoms with Gasteiger partial charge in [-0.15, -0.1) is 24.8 Å². The normalized spacial score (nSPS) is 20.7. The number of rotatable bonds is 7. The van der Waals surface area contributed by atoms with Gasteiger partial charge in [0, 0.05) is 48.9 Å². The van der Waals surface area contributed by atoms with Crippen LogP contribution in [0.5, 0.6) is 0 Å². The Morgan fingerprint density at radius 3 is 2.43 bits per heavy atom. The van der Waals surface area contributed by atoms with Gasteiger partial charge in [0.2, 0.25) is 0 Å². The van der Waals surface area contributed by atoms with Crippen molar-refractivity contribution in [2.75, 3.05) is 18.5 Å². The lowest BCUT2D eigenvalue weighted by atomic mass is 9.78. The molecular weight excluding hydrogens is 395 g/mol. The first kappa shape index (κ1) is 22.9. The van der Waals surface area contributed by atoms with Crippen LogP contribution in [0.1, 0.15) is 72.4 Å². The van der Waals surface area contributed by atoms with Crippen molar-refractivity contribution in [2.45, 2.75) is 70.3 Å². The van der Waals surface area contributed by atoms with Gasteiger partial charge in [-0.25, -0.2) is 9.97 Å². The van der Waals surface area contributed by atoms with E-state index in [4.69, 9.17) is 15.7 Å². The second-order valence-electron chi connectivity index (χ2n) is 8.15. The molecule has 2 heterocycles. The lowest BCUT2D eigenvalue weighted by molar-refractivity contribution is 0.344. The summed E-state index contributed by atoms with van der Waals surface area (Å²) in [5, 5.41) is 7.37. The van der Waals surface area contributed by atoms with Gasteiger partial charge in [-0.3, -0.25) is 5.10 Å². The molecule has 2 aliphatic rings. The molecule has 8 heteroatoms. The van der Waals surface area contributed by atoms with Gasteiger partial charge in [0.25, 0.3) is 0 Å².